The van der Waals surface area contributed by atoms with Gasteiger partial charge in [0.05, 0.1) is 5.75 Å². The van der Waals surface area contributed by atoms with E-state index in [9.17, 15) is 4.79 Å². The molecule has 0 bridgehead atoms. The number of halogens is 1. The minimum absolute atomic E-state index is 0.0239. The zero-order chi connectivity index (χ0) is 16.8. The molecule has 3 aromatic rings. The lowest BCUT2D eigenvalue weighted by Crippen LogP contribution is -2.27. The van der Waals surface area contributed by atoms with Gasteiger partial charge >= 0.3 is 0 Å². The fraction of sp³-hybridized carbons (Fsp3) is 0.235. The van der Waals surface area contributed by atoms with Gasteiger partial charge in [-0.2, -0.15) is 0 Å². The van der Waals surface area contributed by atoms with Crippen LogP contribution in [0.1, 0.15) is 11.4 Å². The number of fused-ring (bicyclic) bond motifs is 1. The van der Waals surface area contributed by atoms with Crippen LogP contribution in [0.15, 0.2) is 48.7 Å². The van der Waals surface area contributed by atoms with Gasteiger partial charge in [-0.3, -0.25) is 9.20 Å². The Morgan fingerprint density at radius 1 is 1.21 bits per heavy atom. The predicted octanol–water partition coefficient (Wildman–Crippen LogP) is 2.97. The first-order chi connectivity index (χ1) is 11.7. The second kappa shape index (κ2) is 8.17. The van der Waals surface area contributed by atoms with E-state index in [0.717, 1.165) is 27.8 Å². The zero-order valence-electron chi connectivity index (χ0n) is 13.0. The fourth-order valence-electron chi connectivity index (χ4n) is 2.31. The smallest absolute Gasteiger partial charge is 0.230 e. The van der Waals surface area contributed by atoms with E-state index >= 15 is 0 Å². The van der Waals surface area contributed by atoms with Gasteiger partial charge in [0.25, 0.3) is 0 Å². The van der Waals surface area contributed by atoms with Gasteiger partial charge in [-0.25, -0.2) is 0 Å². The summed E-state index contributed by atoms with van der Waals surface area (Å²) < 4.78 is 1.93. The van der Waals surface area contributed by atoms with Gasteiger partial charge in [0, 0.05) is 29.9 Å². The number of hydrogen-bond donors (Lipinski definition) is 1. The molecule has 0 aliphatic heterocycles. The number of carbonyl (C=O) groups is 1. The van der Waals surface area contributed by atoms with Crippen molar-refractivity contribution in [2.75, 3.05) is 12.3 Å². The Morgan fingerprint density at radius 2 is 2.12 bits per heavy atom. The van der Waals surface area contributed by atoms with E-state index in [-0.39, 0.29) is 5.91 Å². The summed E-state index contributed by atoms with van der Waals surface area (Å²) >= 11 is 7.51. The van der Waals surface area contributed by atoms with Crippen LogP contribution in [0.2, 0.25) is 5.02 Å². The van der Waals surface area contributed by atoms with Gasteiger partial charge in [0.2, 0.25) is 5.91 Å². The van der Waals surface area contributed by atoms with E-state index in [0.29, 0.717) is 18.7 Å². The van der Waals surface area contributed by atoms with Crippen molar-refractivity contribution in [3.63, 3.8) is 0 Å². The third-order valence-corrected chi connectivity index (χ3v) is 4.68. The lowest BCUT2D eigenvalue weighted by Gasteiger charge is -2.05. The molecular formula is C17H17ClN4OS. The maximum absolute atomic E-state index is 11.9. The van der Waals surface area contributed by atoms with E-state index in [1.807, 2.05) is 53.1 Å². The highest BCUT2D eigenvalue weighted by Gasteiger charge is 2.06. The van der Waals surface area contributed by atoms with Gasteiger partial charge in [-0.15, -0.1) is 22.0 Å². The average molecular weight is 361 g/mol. The number of nitrogens with zero attached hydrogens (tertiary/aromatic N) is 3. The molecule has 124 valence electrons. The molecule has 0 atom stereocenters. The van der Waals surface area contributed by atoms with Crippen LogP contribution in [0.25, 0.3) is 5.65 Å². The van der Waals surface area contributed by atoms with Crippen LogP contribution in [0.4, 0.5) is 0 Å². The lowest BCUT2D eigenvalue weighted by molar-refractivity contribution is -0.118. The van der Waals surface area contributed by atoms with E-state index in [1.165, 1.54) is 0 Å². The van der Waals surface area contributed by atoms with E-state index < -0.39 is 0 Å². The summed E-state index contributed by atoms with van der Waals surface area (Å²) in [5.41, 5.74) is 1.94. The van der Waals surface area contributed by atoms with E-state index in [4.69, 9.17) is 11.6 Å². The molecule has 7 heteroatoms. The number of benzene rings is 1. The fourth-order valence-corrected chi connectivity index (χ4v) is 3.33. The molecule has 1 aromatic carbocycles. The first kappa shape index (κ1) is 16.8. The second-order valence-electron chi connectivity index (χ2n) is 5.27. The first-order valence-electron chi connectivity index (χ1n) is 7.60. The molecule has 0 saturated carbocycles. The van der Waals surface area contributed by atoms with Crippen molar-refractivity contribution in [3.05, 3.63) is 65.1 Å². The highest BCUT2D eigenvalue weighted by molar-refractivity contribution is 7.99. The van der Waals surface area contributed by atoms with Crippen molar-refractivity contribution in [1.82, 2.24) is 19.9 Å². The maximum atomic E-state index is 11.9. The molecular weight excluding hydrogens is 344 g/mol. The molecule has 3 rings (SSSR count). The molecule has 1 N–H and O–H groups in total. The van der Waals surface area contributed by atoms with Gasteiger partial charge < -0.3 is 5.32 Å². The SMILES string of the molecule is O=C(CSCc1cccc(Cl)c1)NCCc1nnc2ccccn12. The standard InChI is InChI=1S/C17H17ClN4OS/c18-14-5-3-4-13(10-14)11-24-12-17(23)19-8-7-16-21-20-15-6-1-2-9-22(15)16/h1-6,9-10H,7-8,11-12H2,(H,19,23). The van der Waals surface area contributed by atoms with Crippen molar-refractivity contribution >= 4 is 34.9 Å². The Kier molecular flexibility index (Phi) is 5.72. The van der Waals surface area contributed by atoms with Crippen LogP contribution >= 0.6 is 23.4 Å². The Morgan fingerprint density at radius 3 is 3.00 bits per heavy atom. The molecule has 0 fully saturated rings. The van der Waals surface area contributed by atoms with Crippen molar-refractivity contribution in [3.8, 4) is 0 Å². The van der Waals surface area contributed by atoms with Gasteiger partial charge in [-0.1, -0.05) is 29.8 Å². The molecule has 24 heavy (non-hydrogen) atoms. The number of hydrogen-bond acceptors (Lipinski definition) is 4. The quantitative estimate of drug-likeness (QED) is 0.703. The van der Waals surface area contributed by atoms with Crippen molar-refractivity contribution in [2.45, 2.75) is 12.2 Å². The highest BCUT2D eigenvalue weighted by Crippen LogP contribution is 2.16. The van der Waals surface area contributed by atoms with Crippen LogP contribution in [0.3, 0.4) is 0 Å². The molecule has 0 saturated heterocycles. The highest BCUT2D eigenvalue weighted by atomic mass is 35.5. The Balaban J connectivity index is 1.40. The van der Waals surface area contributed by atoms with Crippen LogP contribution in [-0.2, 0) is 17.0 Å². The molecule has 2 heterocycles. The van der Waals surface area contributed by atoms with Gasteiger partial charge in [0.1, 0.15) is 5.82 Å². The molecule has 0 radical (unpaired) electrons. The first-order valence-corrected chi connectivity index (χ1v) is 9.13. The number of aromatic nitrogens is 3. The summed E-state index contributed by atoms with van der Waals surface area (Å²) in [4.78, 5) is 11.9. The Bertz CT molecular complexity index is 836. The molecule has 0 aliphatic rings. The molecule has 0 spiro atoms. The van der Waals surface area contributed by atoms with Crippen LogP contribution in [0.5, 0.6) is 0 Å². The minimum atomic E-state index is 0.0239. The van der Waals surface area contributed by atoms with Gasteiger partial charge in [0.15, 0.2) is 5.65 Å². The second-order valence-corrected chi connectivity index (χ2v) is 6.69. The van der Waals surface area contributed by atoms with Crippen molar-refractivity contribution < 1.29 is 4.79 Å². The zero-order valence-corrected chi connectivity index (χ0v) is 14.6. The van der Waals surface area contributed by atoms with Crippen molar-refractivity contribution in [2.24, 2.45) is 0 Å². The van der Waals surface area contributed by atoms with E-state index in [1.54, 1.807) is 11.8 Å². The largest absolute Gasteiger partial charge is 0.355 e. The predicted molar refractivity (Wildman–Crippen MR) is 97.3 cm³/mol. The normalized spacial score (nSPS) is 10.9. The third kappa shape index (κ3) is 4.49. The van der Waals surface area contributed by atoms with Gasteiger partial charge in [-0.05, 0) is 29.8 Å². The third-order valence-electron chi connectivity index (χ3n) is 3.45. The lowest BCUT2D eigenvalue weighted by atomic mass is 10.2. The summed E-state index contributed by atoms with van der Waals surface area (Å²) in [6.07, 6.45) is 2.57. The molecule has 5 nitrogen and oxygen atoms in total. The number of carbonyl (C=O) groups excluding carboxylic acids is 1. The number of thioether (sulfide) groups is 1. The topological polar surface area (TPSA) is 59.3 Å². The molecule has 0 unspecified atom stereocenters. The van der Waals surface area contributed by atoms with Crippen molar-refractivity contribution in [1.29, 1.82) is 0 Å². The van der Waals surface area contributed by atoms with E-state index in [2.05, 4.69) is 15.5 Å². The summed E-state index contributed by atoms with van der Waals surface area (Å²) in [6, 6.07) is 13.5. The Hall–Kier alpha value is -2.05. The number of pyridine rings is 1. The molecule has 1 amide bonds. The van der Waals surface area contributed by atoms with Crippen LogP contribution in [0, 0.1) is 0 Å². The Labute approximate surface area is 149 Å². The number of nitrogens with one attached hydrogen (secondary N) is 1. The minimum Gasteiger partial charge on any atom is -0.355 e. The molecule has 2 aromatic heterocycles. The number of amides is 1. The summed E-state index contributed by atoms with van der Waals surface area (Å²) in [5.74, 6) is 2.06. The summed E-state index contributed by atoms with van der Waals surface area (Å²) in [7, 11) is 0. The average Bonchev–Trinajstić information content (AvgIpc) is 2.98. The van der Waals surface area contributed by atoms with Crippen LogP contribution < -0.4 is 5.32 Å². The number of rotatable bonds is 7. The molecule has 0 aliphatic carbocycles. The van der Waals surface area contributed by atoms with Crippen LogP contribution in [-0.4, -0.2) is 32.8 Å². The summed E-state index contributed by atoms with van der Waals surface area (Å²) in [6.45, 7) is 0.548. The maximum Gasteiger partial charge on any atom is 0.230 e. The monoisotopic (exact) mass is 360 g/mol. The summed E-state index contributed by atoms with van der Waals surface area (Å²) in [5, 5.41) is 11.9.